The molecule has 0 aromatic heterocycles. The average molecular weight is 356 g/mol. The molecule has 1 aliphatic carbocycles. The molecule has 0 spiro atoms. The van der Waals surface area contributed by atoms with Crippen LogP contribution in [0.25, 0.3) is 0 Å². The highest BCUT2D eigenvalue weighted by Gasteiger charge is 2.44. The zero-order valence-corrected chi connectivity index (χ0v) is 13.4. The first-order chi connectivity index (χ1) is 10.1. The summed E-state index contributed by atoms with van der Waals surface area (Å²) in [5.41, 5.74) is 0.959. The molecule has 1 aromatic carbocycles. The van der Waals surface area contributed by atoms with Crippen LogP contribution in [0, 0.1) is 11.7 Å². The van der Waals surface area contributed by atoms with Crippen molar-refractivity contribution in [2.75, 3.05) is 0 Å². The first-order valence-electron chi connectivity index (χ1n) is 7.48. The van der Waals surface area contributed by atoms with Crippen LogP contribution in [0.15, 0.2) is 22.7 Å². The van der Waals surface area contributed by atoms with Crippen LogP contribution in [0.3, 0.4) is 0 Å². The smallest absolute Gasteiger partial charge is 0.320 e. The van der Waals surface area contributed by atoms with Gasteiger partial charge in [-0.25, -0.2) is 4.39 Å². The lowest BCUT2D eigenvalue weighted by Gasteiger charge is -2.33. The van der Waals surface area contributed by atoms with Gasteiger partial charge < -0.3 is 5.11 Å². The molecule has 2 aliphatic rings. The molecule has 3 atom stereocenters. The molecule has 21 heavy (non-hydrogen) atoms. The van der Waals surface area contributed by atoms with Crippen molar-refractivity contribution in [2.24, 2.45) is 5.92 Å². The van der Waals surface area contributed by atoms with Crippen LogP contribution in [-0.2, 0) is 11.3 Å². The van der Waals surface area contributed by atoms with Gasteiger partial charge in [0.15, 0.2) is 0 Å². The molecule has 0 unspecified atom stereocenters. The molecule has 0 bridgehead atoms. The van der Waals surface area contributed by atoms with Crippen molar-refractivity contribution < 1.29 is 14.3 Å². The Morgan fingerprint density at radius 1 is 1.38 bits per heavy atom. The van der Waals surface area contributed by atoms with E-state index in [0.29, 0.717) is 23.0 Å². The van der Waals surface area contributed by atoms with Crippen molar-refractivity contribution in [1.29, 1.82) is 0 Å². The average Bonchev–Trinajstić information content (AvgIpc) is 2.82. The van der Waals surface area contributed by atoms with E-state index >= 15 is 0 Å². The second kappa shape index (κ2) is 6.05. The number of likely N-dealkylation sites (tertiary alicyclic amines) is 1. The number of halogens is 2. The maximum Gasteiger partial charge on any atom is 0.320 e. The van der Waals surface area contributed by atoms with Gasteiger partial charge in [-0.05, 0) is 58.8 Å². The summed E-state index contributed by atoms with van der Waals surface area (Å²) in [6.07, 6.45) is 5.36. The molecular formula is C16H19BrFNO2. The monoisotopic (exact) mass is 355 g/mol. The zero-order valence-electron chi connectivity index (χ0n) is 11.8. The van der Waals surface area contributed by atoms with E-state index in [2.05, 4.69) is 20.8 Å². The highest BCUT2D eigenvalue weighted by atomic mass is 79.9. The topological polar surface area (TPSA) is 40.5 Å². The van der Waals surface area contributed by atoms with E-state index in [9.17, 15) is 14.3 Å². The summed E-state index contributed by atoms with van der Waals surface area (Å²) >= 11 is 3.20. The van der Waals surface area contributed by atoms with Gasteiger partial charge in [-0.1, -0.05) is 18.9 Å². The molecule has 1 aromatic rings. The van der Waals surface area contributed by atoms with E-state index < -0.39 is 12.0 Å². The molecule has 1 saturated heterocycles. The lowest BCUT2D eigenvalue weighted by Crippen LogP contribution is -2.41. The van der Waals surface area contributed by atoms with Crippen molar-refractivity contribution in [3.63, 3.8) is 0 Å². The summed E-state index contributed by atoms with van der Waals surface area (Å²) in [5.74, 6) is -0.514. The zero-order chi connectivity index (χ0) is 15.0. The predicted molar refractivity (Wildman–Crippen MR) is 81.4 cm³/mol. The Balaban J connectivity index is 1.82. The first kappa shape index (κ1) is 15.0. The van der Waals surface area contributed by atoms with E-state index in [1.54, 1.807) is 12.1 Å². The SMILES string of the molecule is O=C(O)[C@@H]1C[C@@H]2CCCC[C@@H]2N1Cc1ccc(F)c(Br)c1. The molecule has 5 heteroatoms. The van der Waals surface area contributed by atoms with Gasteiger partial charge in [0.25, 0.3) is 0 Å². The highest BCUT2D eigenvalue weighted by molar-refractivity contribution is 9.10. The fraction of sp³-hybridized carbons (Fsp3) is 0.562. The third kappa shape index (κ3) is 2.99. The summed E-state index contributed by atoms with van der Waals surface area (Å²) in [7, 11) is 0. The minimum Gasteiger partial charge on any atom is -0.480 e. The molecule has 0 amide bonds. The molecule has 2 fully saturated rings. The molecular weight excluding hydrogens is 337 g/mol. The first-order valence-corrected chi connectivity index (χ1v) is 8.28. The summed E-state index contributed by atoms with van der Waals surface area (Å²) in [6.45, 7) is 0.580. The molecule has 0 radical (unpaired) electrons. The maximum atomic E-state index is 13.3. The predicted octanol–water partition coefficient (Wildman–Crippen LogP) is 3.81. The van der Waals surface area contributed by atoms with Gasteiger partial charge in [0, 0.05) is 12.6 Å². The van der Waals surface area contributed by atoms with Gasteiger partial charge in [-0.3, -0.25) is 9.69 Å². The van der Waals surface area contributed by atoms with Crippen molar-refractivity contribution in [3.8, 4) is 0 Å². The van der Waals surface area contributed by atoms with Crippen LogP contribution in [0.5, 0.6) is 0 Å². The number of aliphatic carboxylic acids is 1. The lowest BCUT2D eigenvalue weighted by atomic mass is 9.84. The third-order valence-electron chi connectivity index (χ3n) is 4.86. The van der Waals surface area contributed by atoms with Gasteiger partial charge in [0.05, 0.1) is 4.47 Å². The van der Waals surface area contributed by atoms with Crippen molar-refractivity contribution in [1.82, 2.24) is 4.90 Å². The largest absolute Gasteiger partial charge is 0.480 e. The van der Waals surface area contributed by atoms with Gasteiger partial charge in [0.2, 0.25) is 0 Å². The Bertz CT molecular complexity index is 551. The third-order valence-corrected chi connectivity index (χ3v) is 5.46. The van der Waals surface area contributed by atoms with Gasteiger partial charge >= 0.3 is 5.97 Å². The molecule has 3 rings (SSSR count). The van der Waals surface area contributed by atoms with E-state index in [0.717, 1.165) is 24.8 Å². The van der Waals surface area contributed by atoms with Crippen molar-refractivity contribution in [3.05, 3.63) is 34.1 Å². The lowest BCUT2D eigenvalue weighted by molar-refractivity contribution is -0.142. The molecule has 1 saturated carbocycles. The van der Waals surface area contributed by atoms with Crippen LogP contribution in [0.4, 0.5) is 4.39 Å². The van der Waals surface area contributed by atoms with E-state index in [1.807, 2.05) is 0 Å². The van der Waals surface area contributed by atoms with E-state index in [4.69, 9.17) is 0 Å². The van der Waals surface area contributed by atoms with Gasteiger partial charge in [0.1, 0.15) is 11.9 Å². The van der Waals surface area contributed by atoms with Gasteiger partial charge in [-0.15, -0.1) is 0 Å². The number of benzene rings is 1. The minimum absolute atomic E-state index is 0.287. The van der Waals surface area contributed by atoms with Crippen LogP contribution >= 0.6 is 15.9 Å². The summed E-state index contributed by atoms with van der Waals surface area (Å²) < 4.78 is 13.8. The number of carboxylic acids is 1. The molecule has 114 valence electrons. The Morgan fingerprint density at radius 3 is 2.86 bits per heavy atom. The summed E-state index contributed by atoms with van der Waals surface area (Å²) in [4.78, 5) is 13.7. The summed E-state index contributed by atoms with van der Waals surface area (Å²) in [5, 5.41) is 9.50. The normalized spacial score (nSPS) is 29.3. The van der Waals surface area contributed by atoms with Crippen LogP contribution < -0.4 is 0 Å². The maximum absolute atomic E-state index is 13.3. The number of carbonyl (C=O) groups is 1. The van der Waals surface area contributed by atoms with Crippen LogP contribution in [0.2, 0.25) is 0 Å². The molecule has 1 aliphatic heterocycles. The number of hydrogen-bond donors (Lipinski definition) is 1. The Labute approximate surface area is 132 Å². The molecule has 3 nitrogen and oxygen atoms in total. The quantitative estimate of drug-likeness (QED) is 0.896. The van der Waals surface area contributed by atoms with Gasteiger partial charge in [-0.2, -0.15) is 0 Å². The minimum atomic E-state index is -0.731. The van der Waals surface area contributed by atoms with Crippen LogP contribution in [0.1, 0.15) is 37.7 Å². The summed E-state index contributed by atoms with van der Waals surface area (Å²) in [6, 6.07) is 4.90. The Hall–Kier alpha value is -0.940. The molecule has 1 heterocycles. The highest BCUT2D eigenvalue weighted by Crippen LogP contribution is 2.40. The Morgan fingerprint density at radius 2 is 2.14 bits per heavy atom. The van der Waals surface area contributed by atoms with E-state index in [1.165, 1.54) is 18.9 Å². The van der Waals surface area contributed by atoms with Crippen molar-refractivity contribution in [2.45, 2.75) is 50.7 Å². The van der Waals surface area contributed by atoms with E-state index in [-0.39, 0.29) is 5.82 Å². The number of fused-ring (bicyclic) bond motifs is 1. The fourth-order valence-electron chi connectivity index (χ4n) is 3.87. The number of nitrogens with zero attached hydrogens (tertiary/aromatic N) is 1. The number of carboxylic acid groups (broad SMARTS) is 1. The fourth-order valence-corrected chi connectivity index (χ4v) is 4.30. The standard InChI is InChI=1S/C16H19BrFNO2/c17-12-7-10(5-6-13(12)18)9-19-14-4-2-1-3-11(14)8-15(19)16(20)21/h5-7,11,14-15H,1-4,8-9H2,(H,20,21)/t11-,14-,15-/m0/s1. The number of hydrogen-bond acceptors (Lipinski definition) is 2. The van der Waals surface area contributed by atoms with Crippen molar-refractivity contribution >= 4 is 21.9 Å². The second-order valence-corrected chi connectivity index (χ2v) is 6.98. The second-order valence-electron chi connectivity index (χ2n) is 6.12. The van der Waals surface area contributed by atoms with Crippen LogP contribution in [-0.4, -0.2) is 28.1 Å². The number of rotatable bonds is 3. The molecule has 1 N–H and O–H groups in total. The Kier molecular flexibility index (Phi) is 4.31.